The van der Waals surface area contributed by atoms with Gasteiger partial charge in [-0.3, -0.25) is 4.79 Å². The monoisotopic (exact) mass is 307 g/mol. The average Bonchev–Trinajstić information content (AvgIpc) is 2.96. The Kier molecular flexibility index (Phi) is 3.85. The lowest BCUT2D eigenvalue weighted by Gasteiger charge is -2.09. The van der Waals surface area contributed by atoms with Crippen LogP contribution in [0.15, 0.2) is 54.7 Å². The van der Waals surface area contributed by atoms with E-state index in [4.69, 9.17) is 0 Å². The molecule has 2 N–H and O–H groups in total. The molecule has 5 heteroatoms. The van der Waals surface area contributed by atoms with Crippen LogP contribution < -0.4 is 5.32 Å². The molecule has 3 rings (SSSR count). The van der Waals surface area contributed by atoms with E-state index in [1.54, 1.807) is 35.1 Å². The van der Waals surface area contributed by atoms with Gasteiger partial charge in [0.05, 0.1) is 11.4 Å². The Morgan fingerprint density at radius 3 is 2.43 bits per heavy atom. The third kappa shape index (κ3) is 3.08. The van der Waals surface area contributed by atoms with E-state index in [-0.39, 0.29) is 11.7 Å². The van der Waals surface area contributed by atoms with Crippen LogP contribution in [0.2, 0.25) is 0 Å². The molecule has 0 fully saturated rings. The third-order valence-corrected chi connectivity index (χ3v) is 3.61. The zero-order chi connectivity index (χ0) is 16.4. The second kappa shape index (κ2) is 5.96. The Bertz CT molecular complexity index is 851. The van der Waals surface area contributed by atoms with Crippen molar-refractivity contribution in [3.8, 4) is 11.4 Å². The fourth-order valence-electron chi connectivity index (χ4n) is 2.34. The first-order valence-corrected chi connectivity index (χ1v) is 7.26. The van der Waals surface area contributed by atoms with Crippen molar-refractivity contribution < 1.29 is 9.90 Å². The maximum atomic E-state index is 12.3. The van der Waals surface area contributed by atoms with E-state index in [0.717, 1.165) is 16.9 Å². The minimum Gasteiger partial charge on any atom is -0.506 e. The van der Waals surface area contributed by atoms with Crippen molar-refractivity contribution in [1.29, 1.82) is 0 Å². The largest absolute Gasteiger partial charge is 0.506 e. The van der Waals surface area contributed by atoms with Gasteiger partial charge in [-0.1, -0.05) is 6.07 Å². The molecular formula is C18H17N3O2. The summed E-state index contributed by atoms with van der Waals surface area (Å²) in [4.78, 5) is 12.3. The van der Waals surface area contributed by atoms with Crippen LogP contribution >= 0.6 is 0 Å². The van der Waals surface area contributed by atoms with E-state index in [9.17, 15) is 9.90 Å². The Morgan fingerprint density at radius 2 is 1.83 bits per heavy atom. The van der Waals surface area contributed by atoms with Crippen LogP contribution in [0, 0.1) is 13.8 Å². The summed E-state index contributed by atoms with van der Waals surface area (Å²) in [6.07, 6.45) is 1.73. The molecule has 0 aliphatic rings. The first-order valence-electron chi connectivity index (χ1n) is 7.26. The lowest BCUT2D eigenvalue weighted by atomic mass is 10.1. The van der Waals surface area contributed by atoms with Gasteiger partial charge >= 0.3 is 0 Å². The summed E-state index contributed by atoms with van der Waals surface area (Å²) in [5.74, 6) is -0.213. The van der Waals surface area contributed by atoms with E-state index in [1.807, 2.05) is 38.1 Å². The Balaban J connectivity index is 1.79. The third-order valence-electron chi connectivity index (χ3n) is 3.61. The minimum absolute atomic E-state index is 0.0575. The van der Waals surface area contributed by atoms with Crippen LogP contribution in [0.3, 0.4) is 0 Å². The van der Waals surface area contributed by atoms with E-state index >= 15 is 0 Å². The number of nitrogens with one attached hydrogen (secondary N) is 1. The molecule has 0 saturated heterocycles. The smallest absolute Gasteiger partial charge is 0.255 e. The molecule has 0 aliphatic carbocycles. The van der Waals surface area contributed by atoms with E-state index in [2.05, 4.69) is 10.4 Å². The van der Waals surface area contributed by atoms with Gasteiger partial charge in [-0.05, 0) is 61.9 Å². The van der Waals surface area contributed by atoms with Crippen LogP contribution in [0.4, 0.5) is 5.69 Å². The van der Waals surface area contributed by atoms with Gasteiger partial charge in [0.25, 0.3) is 5.91 Å². The number of aryl methyl sites for hydroxylation is 2. The number of carbonyl (C=O) groups is 1. The van der Waals surface area contributed by atoms with Crippen LogP contribution in [-0.2, 0) is 0 Å². The van der Waals surface area contributed by atoms with Gasteiger partial charge in [0.2, 0.25) is 0 Å². The Labute approximate surface area is 134 Å². The predicted molar refractivity (Wildman–Crippen MR) is 89.1 cm³/mol. The van der Waals surface area contributed by atoms with E-state index in [1.165, 1.54) is 0 Å². The molecule has 23 heavy (non-hydrogen) atoms. The molecule has 0 saturated carbocycles. The normalized spacial score (nSPS) is 10.5. The number of amides is 1. The SMILES string of the molecule is Cc1ccc(NC(=O)c2ccc(-n3nccc3C)cc2)c(O)c1. The van der Waals surface area contributed by atoms with Gasteiger partial charge in [0, 0.05) is 17.5 Å². The summed E-state index contributed by atoms with van der Waals surface area (Å²) >= 11 is 0. The molecule has 0 aliphatic heterocycles. The maximum absolute atomic E-state index is 12.3. The van der Waals surface area contributed by atoms with Crippen molar-refractivity contribution in [1.82, 2.24) is 9.78 Å². The fraction of sp³-hybridized carbons (Fsp3) is 0.111. The summed E-state index contributed by atoms with van der Waals surface area (Å²) in [6.45, 7) is 3.84. The van der Waals surface area contributed by atoms with Crippen molar-refractivity contribution in [2.45, 2.75) is 13.8 Å². The van der Waals surface area contributed by atoms with Crippen molar-refractivity contribution in [3.63, 3.8) is 0 Å². The lowest BCUT2D eigenvalue weighted by molar-refractivity contribution is 0.102. The molecule has 5 nitrogen and oxygen atoms in total. The second-order valence-corrected chi connectivity index (χ2v) is 5.41. The van der Waals surface area contributed by atoms with Crippen molar-refractivity contribution >= 4 is 11.6 Å². The lowest BCUT2D eigenvalue weighted by Crippen LogP contribution is -2.12. The average molecular weight is 307 g/mol. The number of nitrogens with zero attached hydrogens (tertiary/aromatic N) is 2. The molecule has 0 radical (unpaired) electrons. The molecule has 1 aromatic heterocycles. The highest BCUT2D eigenvalue weighted by Crippen LogP contribution is 2.24. The van der Waals surface area contributed by atoms with Gasteiger partial charge < -0.3 is 10.4 Å². The molecule has 1 amide bonds. The van der Waals surface area contributed by atoms with Crippen molar-refractivity contribution in [2.24, 2.45) is 0 Å². The molecular weight excluding hydrogens is 290 g/mol. The number of hydrogen-bond donors (Lipinski definition) is 2. The number of anilines is 1. The summed E-state index contributed by atoms with van der Waals surface area (Å²) < 4.78 is 1.80. The number of benzene rings is 2. The molecule has 0 bridgehead atoms. The fourth-order valence-corrected chi connectivity index (χ4v) is 2.34. The summed E-state index contributed by atoms with van der Waals surface area (Å²) in [5.41, 5.74) is 3.75. The van der Waals surface area contributed by atoms with Crippen molar-refractivity contribution in [3.05, 3.63) is 71.5 Å². The van der Waals surface area contributed by atoms with Gasteiger partial charge in [0.1, 0.15) is 5.75 Å². The van der Waals surface area contributed by atoms with Crippen LogP contribution in [0.25, 0.3) is 5.69 Å². The Hall–Kier alpha value is -3.08. The topological polar surface area (TPSA) is 67.2 Å². The van der Waals surface area contributed by atoms with Gasteiger partial charge in [0.15, 0.2) is 0 Å². The number of aromatic hydroxyl groups is 1. The summed E-state index contributed by atoms with van der Waals surface area (Å²) in [7, 11) is 0. The minimum atomic E-state index is -0.270. The van der Waals surface area contributed by atoms with Gasteiger partial charge in [-0.2, -0.15) is 5.10 Å². The molecule has 2 aromatic carbocycles. The zero-order valence-corrected chi connectivity index (χ0v) is 12.9. The van der Waals surface area contributed by atoms with Gasteiger partial charge in [-0.25, -0.2) is 4.68 Å². The second-order valence-electron chi connectivity index (χ2n) is 5.41. The number of rotatable bonds is 3. The van der Waals surface area contributed by atoms with Crippen molar-refractivity contribution in [2.75, 3.05) is 5.32 Å². The zero-order valence-electron chi connectivity index (χ0n) is 12.9. The molecule has 1 heterocycles. The highest BCUT2D eigenvalue weighted by molar-refractivity contribution is 6.05. The quantitative estimate of drug-likeness (QED) is 0.728. The number of phenolic OH excluding ortho intramolecular Hbond substituents is 1. The first-order chi connectivity index (χ1) is 11.0. The highest BCUT2D eigenvalue weighted by atomic mass is 16.3. The molecule has 0 spiro atoms. The number of phenols is 1. The number of hydrogen-bond acceptors (Lipinski definition) is 3. The summed E-state index contributed by atoms with van der Waals surface area (Å²) in [6, 6.07) is 14.2. The van der Waals surface area contributed by atoms with E-state index < -0.39 is 0 Å². The molecule has 3 aromatic rings. The van der Waals surface area contributed by atoms with Crippen LogP contribution in [0.1, 0.15) is 21.6 Å². The molecule has 0 atom stereocenters. The number of aromatic nitrogens is 2. The highest BCUT2D eigenvalue weighted by Gasteiger charge is 2.10. The van der Waals surface area contributed by atoms with E-state index in [0.29, 0.717) is 11.3 Å². The number of carbonyl (C=O) groups excluding carboxylic acids is 1. The summed E-state index contributed by atoms with van der Waals surface area (Å²) in [5, 5.41) is 16.8. The van der Waals surface area contributed by atoms with Gasteiger partial charge in [-0.15, -0.1) is 0 Å². The maximum Gasteiger partial charge on any atom is 0.255 e. The molecule has 116 valence electrons. The Morgan fingerprint density at radius 1 is 1.09 bits per heavy atom. The standard InChI is InChI=1S/C18H17N3O2/c1-12-3-8-16(17(22)11-12)20-18(23)14-4-6-15(7-5-14)21-13(2)9-10-19-21/h3-11,22H,1-2H3,(H,20,23). The first kappa shape index (κ1) is 14.8. The predicted octanol–water partition coefficient (Wildman–Crippen LogP) is 3.45. The molecule has 0 unspecified atom stereocenters. The van der Waals surface area contributed by atoms with Crippen LogP contribution in [0.5, 0.6) is 5.75 Å². The van der Waals surface area contributed by atoms with Crippen LogP contribution in [-0.4, -0.2) is 20.8 Å².